The molecule has 0 spiro atoms. The van der Waals surface area contributed by atoms with E-state index in [1.807, 2.05) is 18.2 Å². The first-order valence-corrected chi connectivity index (χ1v) is 14.1. The standard InChI is InChI=1S/C23H25B2F2N6O2PS/c1-3-37(34,35)17-9-13(15-6-4-5-14(29-15)12-7-8-12)11-28-19(17)21-30-16-10-18(22(24,25)23(26,27)36)31-32-20(16)33(21)2/h4-6,9-12H,3,7-8,24-25,36H2,1-2H3. The molecule has 14 heteroatoms. The molecular weight excluding hydrogens is 515 g/mol. The van der Waals surface area contributed by atoms with Crippen LogP contribution in [0, 0.1) is 0 Å². The van der Waals surface area contributed by atoms with Gasteiger partial charge in [-0.15, -0.1) is 5.10 Å². The van der Waals surface area contributed by atoms with Gasteiger partial charge < -0.3 is 4.57 Å². The van der Waals surface area contributed by atoms with Crippen LogP contribution in [0.1, 0.15) is 37.1 Å². The zero-order valence-electron chi connectivity index (χ0n) is 20.9. The number of alkyl halides is 2. The van der Waals surface area contributed by atoms with E-state index in [1.54, 1.807) is 40.0 Å². The Hall–Kier alpha value is -2.78. The minimum Gasteiger partial charge on any atom is -0.309 e. The highest BCUT2D eigenvalue weighted by Gasteiger charge is 2.45. The van der Waals surface area contributed by atoms with E-state index in [0.29, 0.717) is 28.3 Å². The molecule has 0 aromatic carbocycles. The summed E-state index contributed by atoms with van der Waals surface area (Å²) in [5, 5.41) is 6.55. The highest BCUT2D eigenvalue weighted by molar-refractivity contribution is 7.91. The molecule has 4 heterocycles. The number of nitrogens with zero attached hydrogens (tertiary/aromatic N) is 6. The van der Waals surface area contributed by atoms with Gasteiger partial charge in [-0.25, -0.2) is 22.2 Å². The molecule has 5 rings (SSSR count). The summed E-state index contributed by atoms with van der Waals surface area (Å²) < 4.78 is 56.3. The molecule has 0 saturated heterocycles. The SMILES string of the molecule is BC(B)(c1cc2nc(-c3ncc(-c4cccc(C5CC5)n4)cc3S(=O)(=O)CC)n(C)c2nn1)C(F)(F)P. The number of imidazole rings is 1. The molecule has 0 radical (unpaired) electrons. The zero-order chi connectivity index (χ0) is 26.8. The second kappa shape index (κ2) is 8.91. The minimum absolute atomic E-state index is 0.0227. The molecule has 0 N–H and O–H groups in total. The van der Waals surface area contributed by atoms with Gasteiger partial charge in [-0.05, 0) is 37.1 Å². The number of aromatic nitrogens is 6. The highest BCUT2D eigenvalue weighted by atomic mass is 32.2. The maximum absolute atomic E-state index is 14.2. The van der Waals surface area contributed by atoms with Gasteiger partial charge in [-0.2, -0.15) is 5.10 Å². The molecule has 1 saturated carbocycles. The number of rotatable bonds is 7. The van der Waals surface area contributed by atoms with E-state index < -0.39 is 20.7 Å². The molecule has 4 aromatic rings. The van der Waals surface area contributed by atoms with E-state index in [4.69, 9.17) is 4.98 Å². The van der Waals surface area contributed by atoms with Crippen molar-refractivity contribution in [2.24, 2.45) is 7.05 Å². The van der Waals surface area contributed by atoms with Crippen molar-refractivity contribution in [1.82, 2.24) is 29.7 Å². The summed E-state index contributed by atoms with van der Waals surface area (Å²) in [6.45, 7) is 1.56. The average Bonchev–Trinajstić information content (AvgIpc) is 3.67. The van der Waals surface area contributed by atoms with Gasteiger partial charge >= 0.3 is 0 Å². The number of aryl methyl sites for hydroxylation is 1. The number of hydrogen-bond donors (Lipinski definition) is 0. The van der Waals surface area contributed by atoms with Crippen LogP contribution < -0.4 is 0 Å². The molecule has 37 heavy (non-hydrogen) atoms. The molecule has 0 aliphatic heterocycles. The molecule has 0 amide bonds. The molecule has 1 fully saturated rings. The quantitative estimate of drug-likeness (QED) is 0.261. The fourth-order valence-electron chi connectivity index (χ4n) is 4.04. The lowest BCUT2D eigenvalue weighted by Crippen LogP contribution is -2.43. The van der Waals surface area contributed by atoms with Crippen LogP contribution in [0.15, 0.2) is 41.4 Å². The summed E-state index contributed by atoms with van der Waals surface area (Å²) >= 11 is 0. The van der Waals surface area contributed by atoms with Gasteiger partial charge in [0.05, 0.1) is 22.0 Å². The first-order chi connectivity index (χ1) is 17.3. The normalized spacial score (nSPS) is 14.8. The minimum atomic E-state index is -3.71. The molecule has 0 bridgehead atoms. The van der Waals surface area contributed by atoms with Gasteiger partial charge in [0, 0.05) is 35.6 Å². The van der Waals surface area contributed by atoms with Gasteiger partial charge in [0.1, 0.15) is 26.9 Å². The summed E-state index contributed by atoms with van der Waals surface area (Å²) in [5.41, 5.74) is -0.0404. The van der Waals surface area contributed by atoms with Crippen molar-refractivity contribution in [1.29, 1.82) is 0 Å². The van der Waals surface area contributed by atoms with Crippen LogP contribution in [-0.2, 0) is 22.1 Å². The van der Waals surface area contributed by atoms with Crippen molar-refractivity contribution < 1.29 is 17.2 Å². The number of hydrogen-bond acceptors (Lipinski definition) is 7. The Labute approximate surface area is 217 Å². The molecule has 190 valence electrons. The topological polar surface area (TPSA) is 104 Å². The van der Waals surface area contributed by atoms with Gasteiger partial charge in [-0.1, -0.05) is 22.2 Å². The summed E-state index contributed by atoms with van der Waals surface area (Å²) in [6.07, 6.45) is 3.79. The number of fused-ring (bicyclic) bond motifs is 1. The van der Waals surface area contributed by atoms with E-state index in [9.17, 15) is 17.2 Å². The van der Waals surface area contributed by atoms with E-state index in [-0.39, 0.29) is 27.9 Å². The third kappa shape index (κ3) is 4.56. The van der Waals surface area contributed by atoms with Gasteiger partial charge in [0.2, 0.25) is 0 Å². The maximum atomic E-state index is 14.2. The Morgan fingerprint density at radius 3 is 2.54 bits per heavy atom. The van der Waals surface area contributed by atoms with Gasteiger partial charge in [0.25, 0.3) is 5.66 Å². The van der Waals surface area contributed by atoms with E-state index >= 15 is 0 Å². The zero-order valence-corrected chi connectivity index (χ0v) is 22.9. The van der Waals surface area contributed by atoms with Crippen LogP contribution in [-0.4, -0.2) is 65.2 Å². The monoisotopic (exact) mass is 540 g/mol. The Kier molecular flexibility index (Phi) is 6.22. The predicted octanol–water partition coefficient (Wildman–Crippen LogP) is 2.05. The fourth-order valence-corrected chi connectivity index (χ4v) is 5.24. The fraction of sp³-hybridized carbons (Fsp3) is 0.348. The maximum Gasteiger partial charge on any atom is 0.256 e. The Morgan fingerprint density at radius 2 is 1.89 bits per heavy atom. The van der Waals surface area contributed by atoms with Crippen molar-refractivity contribution >= 4 is 45.9 Å². The van der Waals surface area contributed by atoms with E-state index in [2.05, 4.69) is 20.2 Å². The third-order valence-corrected chi connectivity index (χ3v) is 9.40. The molecular formula is C23H25B2F2N6O2PS. The average molecular weight is 540 g/mol. The molecule has 4 aromatic heterocycles. The number of pyridine rings is 2. The van der Waals surface area contributed by atoms with Gasteiger partial charge in [-0.3, -0.25) is 9.97 Å². The van der Waals surface area contributed by atoms with Crippen LogP contribution >= 0.6 is 9.24 Å². The van der Waals surface area contributed by atoms with Crippen LogP contribution in [0.2, 0.25) is 0 Å². The Morgan fingerprint density at radius 1 is 1.16 bits per heavy atom. The third-order valence-electron chi connectivity index (χ3n) is 6.93. The van der Waals surface area contributed by atoms with Crippen molar-refractivity contribution in [3.63, 3.8) is 0 Å². The summed E-state index contributed by atoms with van der Waals surface area (Å²) in [7, 11) is 2.24. The number of halogens is 2. The van der Waals surface area contributed by atoms with Crippen LogP contribution in [0.5, 0.6) is 0 Å². The second-order valence-corrected chi connectivity index (χ2v) is 12.8. The Bertz CT molecular complexity index is 1640. The van der Waals surface area contributed by atoms with Crippen LogP contribution in [0.3, 0.4) is 0 Å². The van der Waals surface area contributed by atoms with Crippen LogP contribution in [0.4, 0.5) is 8.78 Å². The molecule has 1 aliphatic carbocycles. The molecule has 8 nitrogen and oxygen atoms in total. The van der Waals surface area contributed by atoms with Crippen molar-refractivity contribution in [2.45, 2.75) is 41.5 Å². The van der Waals surface area contributed by atoms with Gasteiger partial charge in [0.15, 0.2) is 21.3 Å². The smallest absolute Gasteiger partial charge is 0.256 e. The van der Waals surface area contributed by atoms with E-state index in [0.717, 1.165) is 18.5 Å². The molecule has 1 atom stereocenters. The Balaban J connectivity index is 1.66. The largest absolute Gasteiger partial charge is 0.309 e. The summed E-state index contributed by atoms with van der Waals surface area (Å²) in [6, 6.07) is 8.77. The lowest BCUT2D eigenvalue weighted by molar-refractivity contribution is 0.0816. The van der Waals surface area contributed by atoms with Crippen LogP contribution in [0.25, 0.3) is 33.9 Å². The lowest BCUT2D eigenvalue weighted by atomic mass is 9.52. The predicted molar refractivity (Wildman–Crippen MR) is 146 cm³/mol. The summed E-state index contributed by atoms with van der Waals surface area (Å²) in [4.78, 5) is 13.8. The first-order valence-electron chi connectivity index (χ1n) is 11.9. The summed E-state index contributed by atoms with van der Waals surface area (Å²) in [5.74, 6) is 0.565. The number of sulfone groups is 1. The van der Waals surface area contributed by atoms with Crippen molar-refractivity contribution in [2.75, 3.05) is 5.75 Å². The van der Waals surface area contributed by atoms with Crippen molar-refractivity contribution in [3.05, 3.63) is 47.9 Å². The highest BCUT2D eigenvalue weighted by Crippen LogP contribution is 2.41. The first kappa shape index (κ1) is 25.9. The second-order valence-electron chi connectivity index (χ2n) is 9.88. The van der Waals surface area contributed by atoms with Crippen molar-refractivity contribution in [3.8, 4) is 22.8 Å². The molecule has 1 aliphatic rings. The molecule has 1 unspecified atom stereocenters. The lowest BCUT2D eigenvalue weighted by Gasteiger charge is -2.30. The van der Waals surface area contributed by atoms with E-state index in [1.165, 1.54) is 21.8 Å².